The molecule has 2 N–H and O–H groups in total. The van der Waals surface area contributed by atoms with Crippen LogP contribution in [0.1, 0.15) is 56.7 Å². The second-order valence-corrected chi connectivity index (χ2v) is 16.3. The second-order valence-electron chi connectivity index (χ2n) is 11.5. The average molecular weight is 605 g/mol. The molecule has 1 aliphatic heterocycles. The van der Waals surface area contributed by atoms with Crippen molar-refractivity contribution in [3.8, 4) is 0 Å². The number of rotatable bonds is 12. The van der Waals surface area contributed by atoms with Crippen molar-refractivity contribution in [2.45, 2.75) is 64.7 Å². The summed E-state index contributed by atoms with van der Waals surface area (Å²) in [5.74, 6) is 0. The predicted octanol–water partition coefficient (Wildman–Crippen LogP) is 6.70. The van der Waals surface area contributed by atoms with Gasteiger partial charge in [0.15, 0.2) is 0 Å². The van der Waals surface area contributed by atoms with Crippen molar-refractivity contribution in [1.82, 2.24) is 15.2 Å². The van der Waals surface area contributed by atoms with Crippen molar-refractivity contribution < 1.29 is 4.57 Å². The molecule has 2 fully saturated rings. The van der Waals surface area contributed by atoms with Gasteiger partial charge >= 0.3 is 0 Å². The van der Waals surface area contributed by atoms with E-state index in [1.807, 2.05) is 33.3 Å². The maximum Gasteiger partial charge on any atom is 0.143 e. The third-order valence-electron chi connectivity index (χ3n) is 7.67. The Morgan fingerprint density at radius 2 is 1.88 bits per heavy atom. The molecule has 1 unspecified atom stereocenters. The maximum atomic E-state index is 12.0. The fourth-order valence-corrected chi connectivity index (χ4v) is 7.04. The van der Waals surface area contributed by atoms with Crippen LogP contribution in [0.4, 0.5) is 11.4 Å². The Labute approximate surface area is 249 Å². The van der Waals surface area contributed by atoms with Gasteiger partial charge in [0.25, 0.3) is 0 Å². The summed E-state index contributed by atoms with van der Waals surface area (Å²) >= 11 is 8.21. The molecule has 0 radical (unpaired) electrons. The summed E-state index contributed by atoms with van der Waals surface area (Å²) in [6.07, 6.45) is 9.04. The second kappa shape index (κ2) is 15.0. The lowest BCUT2D eigenvalue weighted by Gasteiger charge is -2.36. The molecular formula is C30H46ClN6OPS. The zero-order valence-corrected chi connectivity index (χ0v) is 27.0. The van der Waals surface area contributed by atoms with Crippen LogP contribution in [0.25, 0.3) is 0 Å². The third kappa shape index (κ3) is 9.70. The van der Waals surface area contributed by atoms with Crippen LogP contribution in [0, 0.1) is 0 Å². The number of hydrogen-bond acceptors (Lipinski definition) is 8. The SMILES string of the molecule is C/C=C(Cl)\C(=N/C(C)Nc1ccc(N2CCN(CCP(C)(C)=O)CC2)cc1)c1nc(CNC2CCCCC2)cs1. The summed E-state index contributed by atoms with van der Waals surface area (Å²) < 4.78 is 12.0. The van der Waals surface area contributed by atoms with E-state index in [1.165, 1.54) is 37.8 Å². The van der Waals surface area contributed by atoms with Crippen LogP contribution >= 0.6 is 30.1 Å². The number of aliphatic imine (C=N–C) groups is 1. The highest BCUT2D eigenvalue weighted by Gasteiger charge is 2.20. The molecule has 1 aromatic carbocycles. The summed E-state index contributed by atoms with van der Waals surface area (Å²) in [5.41, 5.74) is 4.03. The Balaban J connectivity index is 1.32. The van der Waals surface area contributed by atoms with Crippen molar-refractivity contribution in [3.63, 3.8) is 0 Å². The van der Waals surface area contributed by atoms with Crippen LogP contribution in [-0.4, -0.2) is 80.0 Å². The van der Waals surface area contributed by atoms with E-state index in [9.17, 15) is 4.57 Å². The largest absolute Gasteiger partial charge is 0.369 e. The molecule has 0 spiro atoms. The zero-order valence-electron chi connectivity index (χ0n) is 24.5. The maximum absolute atomic E-state index is 12.0. The van der Waals surface area contributed by atoms with Gasteiger partial charge in [0.2, 0.25) is 0 Å². The van der Waals surface area contributed by atoms with Crippen LogP contribution in [0.5, 0.6) is 0 Å². The lowest BCUT2D eigenvalue weighted by molar-refractivity contribution is 0.272. The minimum Gasteiger partial charge on any atom is -0.369 e. The van der Waals surface area contributed by atoms with Gasteiger partial charge in [0, 0.05) is 68.2 Å². The van der Waals surface area contributed by atoms with Crippen LogP contribution in [0.3, 0.4) is 0 Å². The summed E-state index contributed by atoms with van der Waals surface area (Å²) in [5, 5.41) is 10.8. The molecule has 1 aromatic heterocycles. The van der Waals surface area contributed by atoms with Gasteiger partial charge < -0.3 is 20.1 Å². The molecule has 220 valence electrons. The van der Waals surface area contributed by atoms with Gasteiger partial charge in [0.05, 0.1) is 17.9 Å². The summed E-state index contributed by atoms with van der Waals surface area (Å²) in [7, 11) is -1.95. The summed E-state index contributed by atoms with van der Waals surface area (Å²) in [6.45, 7) is 13.4. The summed E-state index contributed by atoms with van der Waals surface area (Å²) in [6, 6.07) is 9.19. The molecule has 4 rings (SSSR count). The molecule has 2 aliphatic rings. The molecule has 1 saturated carbocycles. The Bertz CT molecular complexity index is 1180. The monoisotopic (exact) mass is 604 g/mol. The minimum absolute atomic E-state index is 0.168. The van der Waals surface area contributed by atoms with E-state index < -0.39 is 7.14 Å². The first kappa shape index (κ1) is 31.2. The number of piperazine rings is 1. The van der Waals surface area contributed by atoms with Gasteiger partial charge in [-0.2, -0.15) is 0 Å². The minimum atomic E-state index is -1.95. The third-order valence-corrected chi connectivity index (χ3v) is 10.2. The molecule has 10 heteroatoms. The van der Waals surface area contributed by atoms with E-state index in [0.29, 0.717) is 11.1 Å². The first-order valence-corrected chi connectivity index (χ1v) is 18.7. The topological polar surface area (TPSA) is 72.9 Å². The Morgan fingerprint density at radius 3 is 2.52 bits per heavy atom. The Morgan fingerprint density at radius 1 is 1.18 bits per heavy atom. The molecule has 2 heterocycles. The first-order chi connectivity index (χ1) is 19.2. The smallest absolute Gasteiger partial charge is 0.143 e. The van der Waals surface area contributed by atoms with Crippen LogP contribution < -0.4 is 15.5 Å². The zero-order chi connectivity index (χ0) is 28.5. The van der Waals surface area contributed by atoms with E-state index in [0.717, 1.165) is 67.5 Å². The molecule has 7 nitrogen and oxygen atoms in total. The molecule has 1 atom stereocenters. The van der Waals surface area contributed by atoms with Crippen molar-refractivity contribution >= 4 is 47.2 Å². The highest BCUT2D eigenvalue weighted by Crippen LogP contribution is 2.35. The van der Waals surface area contributed by atoms with Gasteiger partial charge in [-0.25, -0.2) is 4.98 Å². The van der Waals surface area contributed by atoms with E-state index in [1.54, 1.807) is 11.3 Å². The number of thiazole rings is 1. The van der Waals surface area contributed by atoms with Crippen LogP contribution in [0.15, 0.2) is 45.7 Å². The average Bonchev–Trinajstić information content (AvgIpc) is 3.43. The predicted molar refractivity (Wildman–Crippen MR) is 174 cm³/mol. The fraction of sp³-hybridized carbons (Fsp3) is 0.600. The fourth-order valence-electron chi connectivity index (χ4n) is 5.26. The number of allylic oxidation sites excluding steroid dienone is 2. The molecule has 0 amide bonds. The number of aromatic nitrogens is 1. The van der Waals surface area contributed by atoms with Crippen LogP contribution in [0.2, 0.25) is 0 Å². The quantitative estimate of drug-likeness (QED) is 0.207. The van der Waals surface area contributed by atoms with Gasteiger partial charge in [-0.05, 0) is 64.3 Å². The molecule has 1 saturated heterocycles. The van der Waals surface area contributed by atoms with E-state index in [4.69, 9.17) is 21.6 Å². The number of nitrogens with one attached hydrogen (secondary N) is 2. The number of nitrogens with zero attached hydrogens (tertiary/aromatic N) is 4. The lowest BCUT2D eigenvalue weighted by atomic mass is 9.95. The van der Waals surface area contributed by atoms with Gasteiger partial charge in [-0.3, -0.25) is 9.89 Å². The molecule has 1 aliphatic carbocycles. The highest BCUT2D eigenvalue weighted by molar-refractivity contribution is 7.62. The Kier molecular flexibility index (Phi) is 11.7. The molecule has 0 bridgehead atoms. The van der Waals surface area contributed by atoms with Crippen molar-refractivity contribution in [1.29, 1.82) is 0 Å². The van der Waals surface area contributed by atoms with Crippen molar-refractivity contribution in [2.24, 2.45) is 4.99 Å². The van der Waals surface area contributed by atoms with E-state index >= 15 is 0 Å². The lowest BCUT2D eigenvalue weighted by Crippen LogP contribution is -2.47. The molecular weight excluding hydrogens is 559 g/mol. The van der Waals surface area contributed by atoms with E-state index in [2.05, 4.69) is 50.1 Å². The summed E-state index contributed by atoms with van der Waals surface area (Å²) in [4.78, 5) is 14.6. The normalized spacial score (nSPS) is 19.2. The first-order valence-electron chi connectivity index (χ1n) is 14.7. The number of anilines is 2. The number of halogens is 1. The van der Waals surface area contributed by atoms with Gasteiger partial charge in [-0.1, -0.05) is 36.9 Å². The standard InChI is InChI=1S/C30H46ClN6OPS/c1-5-28(31)29(30-35-26(22-40-30)21-32-24-9-7-6-8-10-24)34-23(2)33-25-11-13-27(14-12-25)37-17-15-36(16-18-37)19-20-39(3,4)38/h5,11-14,22-24,32-33H,6-10,15-21H2,1-4H3/b28-5+,34-29+. The Hall–Kier alpha value is -1.70. The highest BCUT2D eigenvalue weighted by atomic mass is 35.5. The number of benzene rings is 1. The van der Waals surface area contributed by atoms with Crippen molar-refractivity contribution in [2.75, 3.05) is 62.4 Å². The van der Waals surface area contributed by atoms with Crippen LogP contribution in [-0.2, 0) is 11.1 Å². The van der Waals surface area contributed by atoms with Gasteiger partial charge in [-0.15, -0.1) is 11.3 Å². The molecule has 40 heavy (non-hydrogen) atoms. The van der Waals surface area contributed by atoms with E-state index in [-0.39, 0.29) is 6.17 Å². The molecule has 2 aromatic rings. The number of hydrogen-bond donors (Lipinski definition) is 2. The van der Waals surface area contributed by atoms with Gasteiger partial charge in [0.1, 0.15) is 16.9 Å². The van der Waals surface area contributed by atoms with Crippen molar-refractivity contribution in [3.05, 3.63) is 51.5 Å².